The van der Waals surface area contributed by atoms with Crippen LogP contribution in [-0.2, 0) is 32.7 Å². The number of hydrogen-bond acceptors (Lipinski definition) is 7. The third-order valence-corrected chi connectivity index (χ3v) is 6.95. The molecule has 0 heterocycles. The molecule has 0 saturated carbocycles. The molecule has 0 aromatic heterocycles. The quantitative estimate of drug-likeness (QED) is 0.134. The molecule has 3 aromatic carbocycles. The molecular weight excluding hydrogens is 516 g/mol. The van der Waals surface area contributed by atoms with Crippen LogP contribution < -0.4 is 13.7 Å². The minimum absolute atomic E-state index is 0.0362. The van der Waals surface area contributed by atoms with Crippen molar-refractivity contribution in [3.8, 4) is 17.2 Å². The molecule has 0 fully saturated rings. The van der Waals surface area contributed by atoms with E-state index in [9.17, 15) is 13.2 Å². The fourth-order valence-electron chi connectivity index (χ4n) is 3.62. The van der Waals surface area contributed by atoms with E-state index in [1.54, 1.807) is 18.2 Å². The number of hydrogen-bond donors (Lipinski definition) is 0. The number of ether oxygens (including phenoxy) is 3. The topological polar surface area (TPSA) is 88.1 Å². The highest BCUT2D eigenvalue weighted by atomic mass is 32.2. The molecule has 206 valence electrons. The van der Waals surface area contributed by atoms with Crippen LogP contribution in [0, 0.1) is 0 Å². The molecule has 0 spiro atoms. The van der Waals surface area contributed by atoms with E-state index in [1.807, 2.05) is 73.7 Å². The van der Waals surface area contributed by atoms with Crippen molar-refractivity contribution in [3.63, 3.8) is 0 Å². The Morgan fingerprint density at radius 2 is 1.67 bits per heavy atom. The van der Waals surface area contributed by atoms with Crippen molar-refractivity contribution in [1.82, 2.24) is 0 Å². The van der Waals surface area contributed by atoms with E-state index >= 15 is 0 Å². The van der Waals surface area contributed by atoms with Gasteiger partial charge < -0.3 is 18.4 Å². The summed E-state index contributed by atoms with van der Waals surface area (Å²) in [4.78, 5) is 11.6. The van der Waals surface area contributed by atoms with Crippen molar-refractivity contribution >= 4 is 28.2 Å². The van der Waals surface area contributed by atoms with Crippen LogP contribution in [0.2, 0.25) is 0 Å². The minimum atomic E-state index is -3.67. The minimum Gasteiger partial charge on any atom is -0.493 e. The van der Waals surface area contributed by atoms with Crippen LogP contribution in [0.1, 0.15) is 42.0 Å². The number of carbonyl (C=O) groups excluding carboxylic acids is 1. The van der Waals surface area contributed by atoms with Gasteiger partial charge in [0.15, 0.2) is 11.5 Å². The Morgan fingerprint density at radius 3 is 2.38 bits per heavy atom. The van der Waals surface area contributed by atoms with E-state index in [4.69, 9.17) is 18.4 Å². The number of methoxy groups -OCH3 is 2. The van der Waals surface area contributed by atoms with Gasteiger partial charge in [0, 0.05) is 11.6 Å². The zero-order chi connectivity index (χ0) is 28.1. The van der Waals surface area contributed by atoms with Crippen molar-refractivity contribution in [1.29, 1.82) is 0 Å². The number of carbonyl (C=O) groups is 1. The van der Waals surface area contributed by atoms with Crippen molar-refractivity contribution < 1.29 is 31.6 Å². The first-order valence-corrected chi connectivity index (χ1v) is 14.2. The van der Waals surface area contributed by atoms with Gasteiger partial charge in [0.2, 0.25) is 0 Å². The first-order valence-electron chi connectivity index (χ1n) is 12.7. The van der Waals surface area contributed by atoms with Gasteiger partial charge in [0.25, 0.3) is 0 Å². The molecule has 0 saturated heterocycles. The normalized spacial score (nSPS) is 11.6. The lowest BCUT2D eigenvalue weighted by Crippen LogP contribution is -2.14. The molecule has 7 nitrogen and oxygen atoms in total. The molecule has 3 rings (SSSR count). The third kappa shape index (κ3) is 9.65. The SMILES string of the molecule is CCCCS(=O)(=O)Oc1ccc(C/C=C/c2ccc(/C=C/C(=O)OC)c(OCc3ccccc3)c2)cc1OC. The van der Waals surface area contributed by atoms with Crippen LogP contribution >= 0.6 is 0 Å². The summed E-state index contributed by atoms with van der Waals surface area (Å²) < 4.78 is 45.8. The highest BCUT2D eigenvalue weighted by Crippen LogP contribution is 2.30. The standard InChI is InChI=1S/C31H34O7S/c1-4-5-20-39(33,34)38-28-18-15-25(22-30(28)35-2)13-9-12-24-14-16-27(17-19-31(32)36-3)29(21-24)37-23-26-10-7-6-8-11-26/h6-12,14-19,21-22H,4-5,13,20,23H2,1-3H3/b12-9+,19-17+. The summed E-state index contributed by atoms with van der Waals surface area (Å²) in [6, 6.07) is 20.7. The van der Waals surface area contributed by atoms with Crippen molar-refractivity contribution in [2.45, 2.75) is 32.8 Å². The summed E-state index contributed by atoms with van der Waals surface area (Å²) in [5.74, 6) is 0.689. The summed E-state index contributed by atoms with van der Waals surface area (Å²) in [6.45, 7) is 2.31. The van der Waals surface area contributed by atoms with Gasteiger partial charge in [-0.3, -0.25) is 0 Å². The Morgan fingerprint density at radius 1 is 0.872 bits per heavy atom. The van der Waals surface area contributed by atoms with Gasteiger partial charge in [0.05, 0.1) is 20.0 Å². The Hall–Kier alpha value is -4.04. The second-order valence-electron chi connectivity index (χ2n) is 8.72. The molecule has 0 aliphatic rings. The van der Waals surface area contributed by atoms with Crippen molar-refractivity contribution in [3.05, 3.63) is 101 Å². The predicted octanol–water partition coefficient (Wildman–Crippen LogP) is 6.23. The lowest BCUT2D eigenvalue weighted by molar-refractivity contribution is -0.134. The van der Waals surface area contributed by atoms with E-state index in [0.29, 0.717) is 30.9 Å². The zero-order valence-corrected chi connectivity index (χ0v) is 23.3. The average molecular weight is 551 g/mol. The average Bonchev–Trinajstić information content (AvgIpc) is 2.95. The maximum Gasteiger partial charge on any atom is 0.330 e. The van der Waals surface area contributed by atoms with Gasteiger partial charge >= 0.3 is 16.1 Å². The van der Waals surface area contributed by atoms with Crippen LogP contribution in [0.15, 0.2) is 78.9 Å². The van der Waals surface area contributed by atoms with E-state index in [2.05, 4.69) is 0 Å². The Bertz CT molecular complexity index is 1390. The lowest BCUT2D eigenvalue weighted by Gasteiger charge is -2.12. The largest absolute Gasteiger partial charge is 0.493 e. The highest BCUT2D eigenvalue weighted by molar-refractivity contribution is 7.87. The predicted molar refractivity (Wildman–Crippen MR) is 153 cm³/mol. The third-order valence-electron chi connectivity index (χ3n) is 5.73. The van der Waals surface area contributed by atoms with Crippen LogP contribution in [-0.4, -0.2) is 34.4 Å². The van der Waals surface area contributed by atoms with E-state index < -0.39 is 16.1 Å². The van der Waals surface area contributed by atoms with Gasteiger partial charge in [-0.05, 0) is 53.8 Å². The smallest absolute Gasteiger partial charge is 0.330 e. The molecule has 0 aliphatic carbocycles. The van der Waals surface area contributed by atoms with Gasteiger partial charge in [-0.2, -0.15) is 8.42 Å². The second-order valence-corrected chi connectivity index (χ2v) is 10.4. The zero-order valence-electron chi connectivity index (χ0n) is 22.5. The molecular formula is C31H34O7S. The summed E-state index contributed by atoms with van der Waals surface area (Å²) in [6.07, 6.45) is 8.87. The summed E-state index contributed by atoms with van der Waals surface area (Å²) in [5.41, 5.74) is 3.63. The molecule has 0 amide bonds. The maximum absolute atomic E-state index is 12.2. The van der Waals surface area contributed by atoms with E-state index in [-0.39, 0.29) is 11.5 Å². The van der Waals surface area contributed by atoms with Gasteiger partial charge in [-0.25, -0.2) is 4.79 Å². The highest BCUT2D eigenvalue weighted by Gasteiger charge is 2.16. The molecule has 39 heavy (non-hydrogen) atoms. The second kappa shape index (κ2) is 14.8. The summed E-state index contributed by atoms with van der Waals surface area (Å²) >= 11 is 0. The van der Waals surface area contributed by atoms with Gasteiger partial charge in [0.1, 0.15) is 12.4 Å². The molecule has 0 bridgehead atoms. The Kier molecular flexibility index (Phi) is 11.2. The Balaban J connectivity index is 1.74. The number of rotatable bonds is 14. The van der Waals surface area contributed by atoms with E-state index in [0.717, 1.165) is 28.7 Å². The van der Waals surface area contributed by atoms with Crippen LogP contribution in [0.5, 0.6) is 17.2 Å². The van der Waals surface area contributed by atoms with Gasteiger partial charge in [-0.1, -0.05) is 74.0 Å². The fraction of sp³-hybridized carbons (Fsp3) is 0.258. The fourth-order valence-corrected chi connectivity index (χ4v) is 4.75. The van der Waals surface area contributed by atoms with Crippen molar-refractivity contribution in [2.24, 2.45) is 0 Å². The molecule has 0 aliphatic heterocycles. The van der Waals surface area contributed by atoms with E-state index in [1.165, 1.54) is 20.3 Å². The first kappa shape index (κ1) is 29.5. The lowest BCUT2D eigenvalue weighted by atomic mass is 10.1. The van der Waals surface area contributed by atoms with Gasteiger partial charge in [-0.15, -0.1) is 0 Å². The van der Waals surface area contributed by atoms with Crippen LogP contribution in [0.25, 0.3) is 12.2 Å². The monoisotopic (exact) mass is 550 g/mol. The van der Waals surface area contributed by atoms with Crippen LogP contribution in [0.3, 0.4) is 0 Å². The number of unbranched alkanes of at least 4 members (excludes halogenated alkanes) is 1. The van der Waals surface area contributed by atoms with Crippen LogP contribution in [0.4, 0.5) is 0 Å². The molecule has 3 aromatic rings. The maximum atomic E-state index is 12.2. The Labute approximate surface area is 230 Å². The molecule has 0 atom stereocenters. The number of allylic oxidation sites excluding steroid dienone is 1. The molecule has 0 N–H and O–H groups in total. The first-order chi connectivity index (χ1) is 18.8. The molecule has 0 radical (unpaired) electrons. The van der Waals surface area contributed by atoms with Crippen molar-refractivity contribution in [2.75, 3.05) is 20.0 Å². The molecule has 0 unspecified atom stereocenters. The summed E-state index contributed by atoms with van der Waals surface area (Å²) in [7, 11) is -0.860. The summed E-state index contributed by atoms with van der Waals surface area (Å²) in [5, 5.41) is 0. The number of benzene rings is 3. The number of esters is 1. The molecule has 8 heteroatoms.